The molecule has 0 amide bonds. The van der Waals surface area contributed by atoms with Gasteiger partial charge in [-0.2, -0.15) is 0 Å². The van der Waals surface area contributed by atoms with Crippen LogP contribution in [0.25, 0.3) is 0 Å². The fourth-order valence-corrected chi connectivity index (χ4v) is 1.81. The van der Waals surface area contributed by atoms with Gasteiger partial charge in [-0.05, 0) is 40.8 Å². The number of aliphatic hydroxyl groups excluding tert-OH is 2. The molecule has 0 bridgehead atoms. The van der Waals surface area contributed by atoms with Crippen molar-refractivity contribution >= 4 is 28.3 Å². The maximum atomic E-state index is 12.0. The molecule has 0 spiro atoms. The van der Waals surface area contributed by atoms with Crippen molar-refractivity contribution in [3.8, 4) is 5.75 Å². The fourth-order valence-electron chi connectivity index (χ4n) is 1.13. The third kappa shape index (κ3) is 5.27. The van der Waals surface area contributed by atoms with E-state index in [1.54, 1.807) is 0 Å². The van der Waals surface area contributed by atoms with Crippen LogP contribution in [0.1, 0.15) is 0 Å². The van der Waals surface area contributed by atoms with E-state index < -0.39 is 19.1 Å². The number of benzene rings is 1. The Morgan fingerprint density at radius 3 is 2.56 bits per heavy atom. The standard InChI is InChI=1S/C10H11F3INO3/c11-10(12,13)18-7-1-2-9(8(14)3-7)15-4-6(17)5-16/h1-3,6,15-17H,4-5H2. The second-order valence-electron chi connectivity index (χ2n) is 3.41. The first-order chi connectivity index (χ1) is 8.31. The minimum atomic E-state index is -4.72. The number of ether oxygens (including phenoxy) is 1. The monoisotopic (exact) mass is 377 g/mol. The molecule has 1 aromatic rings. The van der Waals surface area contributed by atoms with Gasteiger partial charge >= 0.3 is 6.36 Å². The van der Waals surface area contributed by atoms with Crippen molar-refractivity contribution in [3.63, 3.8) is 0 Å². The first kappa shape index (κ1) is 15.3. The van der Waals surface area contributed by atoms with Gasteiger partial charge in [0.25, 0.3) is 0 Å². The van der Waals surface area contributed by atoms with E-state index in [0.29, 0.717) is 9.26 Å². The van der Waals surface area contributed by atoms with Gasteiger partial charge in [0, 0.05) is 15.8 Å². The molecule has 0 aromatic heterocycles. The van der Waals surface area contributed by atoms with Crippen LogP contribution in [0.3, 0.4) is 0 Å². The summed E-state index contributed by atoms with van der Waals surface area (Å²) in [5.74, 6) is -0.305. The SMILES string of the molecule is OCC(O)CNc1ccc(OC(F)(F)F)cc1I. The van der Waals surface area contributed by atoms with E-state index in [4.69, 9.17) is 10.2 Å². The van der Waals surface area contributed by atoms with Gasteiger partial charge in [0.1, 0.15) is 5.75 Å². The lowest BCUT2D eigenvalue weighted by Gasteiger charge is -2.13. The lowest BCUT2D eigenvalue weighted by atomic mass is 10.3. The predicted octanol–water partition coefficient (Wildman–Crippen LogP) is 1.95. The summed E-state index contributed by atoms with van der Waals surface area (Å²) in [6.45, 7) is -0.287. The summed E-state index contributed by atoms with van der Waals surface area (Å²) in [6.07, 6.45) is -5.64. The first-order valence-corrected chi connectivity index (χ1v) is 5.98. The van der Waals surface area contributed by atoms with E-state index in [1.807, 2.05) is 22.6 Å². The number of nitrogens with one attached hydrogen (secondary N) is 1. The number of halogens is 4. The predicted molar refractivity (Wildman–Crippen MR) is 67.4 cm³/mol. The summed E-state index contributed by atoms with van der Waals surface area (Å²) >= 11 is 1.84. The number of aliphatic hydroxyl groups is 2. The van der Waals surface area contributed by atoms with Crippen LogP contribution in [-0.2, 0) is 0 Å². The second-order valence-corrected chi connectivity index (χ2v) is 4.57. The van der Waals surface area contributed by atoms with Crippen molar-refractivity contribution in [1.29, 1.82) is 0 Å². The molecule has 0 aliphatic carbocycles. The van der Waals surface area contributed by atoms with Gasteiger partial charge in [0.15, 0.2) is 0 Å². The summed E-state index contributed by atoms with van der Waals surface area (Å²) in [5, 5.41) is 20.5. The normalized spacial score (nSPS) is 13.2. The van der Waals surface area contributed by atoms with E-state index in [2.05, 4.69) is 10.1 Å². The van der Waals surface area contributed by atoms with Crippen LogP contribution in [0.5, 0.6) is 5.75 Å². The molecule has 0 fully saturated rings. The third-order valence-electron chi connectivity index (χ3n) is 1.91. The number of rotatable bonds is 5. The molecule has 0 saturated heterocycles. The molecule has 0 radical (unpaired) electrons. The van der Waals surface area contributed by atoms with Crippen LogP contribution >= 0.6 is 22.6 Å². The number of alkyl halides is 3. The van der Waals surface area contributed by atoms with Crippen LogP contribution in [0.15, 0.2) is 18.2 Å². The number of anilines is 1. The smallest absolute Gasteiger partial charge is 0.406 e. The molecule has 1 unspecified atom stereocenters. The van der Waals surface area contributed by atoms with Gasteiger partial charge in [-0.3, -0.25) is 0 Å². The lowest BCUT2D eigenvalue weighted by molar-refractivity contribution is -0.274. The second kappa shape index (κ2) is 6.43. The van der Waals surface area contributed by atoms with Crippen LogP contribution in [-0.4, -0.2) is 35.8 Å². The number of hydrogen-bond donors (Lipinski definition) is 3. The molecule has 4 nitrogen and oxygen atoms in total. The Balaban J connectivity index is 2.68. The summed E-state index contributed by atoms with van der Waals surface area (Å²) in [7, 11) is 0. The summed E-state index contributed by atoms with van der Waals surface area (Å²) in [5.41, 5.74) is 0.553. The van der Waals surface area contributed by atoms with Crippen LogP contribution in [0.4, 0.5) is 18.9 Å². The van der Waals surface area contributed by atoms with Gasteiger partial charge in [-0.1, -0.05) is 0 Å². The topological polar surface area (TPSA) is 61.7 Å². The maximum Gasteiger partial charge on any atom is 0.573 e. The Morgan fingerprint density at radius 1 is 1.39 bits per heavy atom. The van der Waals surface area contributed by atoms with Gasteiger partial charge in [-0.15, -0.1) is 13.2 Å². The Labute approximate surface area is 115 Å². The van der Waals surface area contributed by atoms with Gasteiger partial charge in [-0.25, -0.2) is 0 Å². The molecule has 0 saturated carbocycles. The number of hydrogen-bond acceptors (Lipinski definition) is 4. The molecule has 18 heavy (non-hydrogen) atoms. The molecular weight excluding hydrogens is 366 g/mol. The quantitative estimate of drug-likeness (QED) is 0.687. The Bertz CT molecular complexity index is 400. The lowest BCUT2D eigenvalue weighted by Crippen LogP contribution is -2.23. The first-order valence-electron chi connectivity index (χ1n) is 4.90. The molecule has 0 aliphatic rings. The van der Waals surface area contributed by atoms with Gasteiger partial charge in [0.2, 0.25) is 0 Å². The molecule has 1 atom stereocenters. The highest BCUT2D eigenvalue weighted by Crippen LogP contribution is 2.28. The summed E-state index contributed by atoms with van der Waals surface area (Å²) in [4.78, 5) is 0. The highest BCUT2D eigenvalue weighted by molar-refractivity contribution is 14.1. The molecule has 1 rings (SSSR count). The maximum absolute atomic E-state index is 12.0. The van der Waals surface area contributed by atoms with E-state index in [1.165, 1.54) is 18.2 Å². The Kier molecular flexibility index (Phi) is 5.47. The van der Waals surface area contributed by atoms with E-state index >= 15 is 0 Å². The average Bonchev–Trinajstić information content (AvgIpc) is 2.25. The zero-order valence-corrected chi connectivity index (χ0v) is 11.2. The summed E-state index contributed by atoms with van der Waals surface area (Å²) in [6, 6.07) is 3.80. The average molecular weight is 377 g/mol. The van der Waals surface area contributed by atoms with Crippen molar-refractivity contribution in [1.82, 2.24) is 0 Å². The minimum Gasteiger partial charge on any atom is -0.406 e. The zero-order chi connectivity index (χ0) is 13.8. The summed E-state index contributed by atoms with van der Waals surface area (Å²) < 4.78 is 40.2. The Hall–Kier alpha value is -0.740. The van der Waals surface area contributed by atoms with Crippen molar-refractivity contribution in [2.24, 2.45) is 0 Å². The van der Waals surface area contributed by atoms with E-state index in [-0.39, 0.29) is 12.3 Å². The van der Waals surface area contributed by atoms with Crippen LogP contribution in [0, 0.1) is 3.57 Å². The fraction of sp³-hybridized carbons (Fsp3) is 0.400. The van der Waals surface area contributed by atoms with Crippen molar-refractivity contribution < 1.29 is 28.1 Å². The Morgan fingerprint density at radius 2 is 2.06 bits per heavy atom. The molecule has 3 N–H and O–H groups in total. The molecule has 102 valence electrons. The molecule has 8 heteroatoms. The highest BCUT2D eigenvalue weighted by Gasteiger charge is 2.31. The van der Waals surface area contributed by atoms with Crippen LogP contribution in [0.2, 0.25) is 0 Å². The van der Waals surface area contributed by atoms with E-state index in [9.17, 15) is 13.2 Å². The van der Waals surface area contributed by atoms with Crippen LogP contribution < -0.4 is 10.1 Å². The van der Waals surface area contributed by atoms with Gasteiger partial charge < -0.3 is 20.3 Å². The zero-order valence-electron chi connectivity index (χ0n) is 9.04. The molecule has 0 heterocycles. The van der Waals surface area contributed by atoms with Crippen molar-refractivity contribution in [2.45, 2.75) is 12.5 Å². The molecule has 0 aliphatic heterocycles. The minimum absolute atomic E-state index is 0.103. The van der Waals surface area contributed by atoms with Gasteiger partial charge in [0.05, 0.1) is 12.7 Å². The van der Waals surface area contributed by atoms with E-state index in [0.717, 1.165) is 0 Å². The largest absolute Gasteiger partial charge is 0.573 e. The van der Waals surface area contributed by atoms with Crippen molar-refractivity contribution in [3.05, 3.63) is 21.8 Å². The third-order valence-corrected chi connectivity index (χ3v) is 2.81. The van der Waals surface area contributed by atoms with Crippen molar-refractivity contribution in [2.75, 3.05) is 18.5 Å². The molecular formula is C10H11F3INO3. The highest BCUT2D eigenvalue weighted by atomic mass is 127. The molecule has 1 aromatic carbocycles.